The molecule has 1 heterocycles. The van der Waals surface area contributed by atoms with Gasteiger partial charge in [0.25, 0.3) is 11.7 Å². The molecule has 0 aliphatic heterocycles. The van der Waals surface area contributed by atoms with Gasteiger partial charge in [0.15, 0.2) is 6.61 Å². The van der Waals surface area contributed by atoms with Crippen molar-refractivity contribution in [3.05, 3.63) is 17.0 Å². The lowest BCUT2D eigenvalue weighted by molar-refractivity contribution is -0.143. The summed E-state index contributed by atoms with van der Waals surface area (Å²) in [6.45, 7) is 2.59. The van der Waals surface area contributed by atoms with E-state index in [0.29, 0.717) is 29.1 Å². The Balaban J connectivity index is 1.27. The molecule has 30 heavy (non-hydrogen) atoms. The molecular weight excluding hydrogens is 388 g/mol. The van der Waals surface area contributed by atoms with Gasteiger partial charge in [-0.1, -0.05) is 0 Å². The van der Waals surface area contributed by atoms with Gasteiger partial charge < -0.3 is 10.1 Å². The van der Waals surface area contributed by atoms with E-state index in [0.717, 1.165) is 19.3 Å². The largest absolute Gasteiger partial charge is 0.450 e. The number of ketones is 1. The number of esters is 1. The van der Waals surface area contributed by atoms with E-state index in [4.69, 9.17) is 4.74 Å². The number of imide groups is 1. The molecule has 3 amide bonds. The molecule has 9 nitrogen and oxygen atoms in total. The normalized spacial score (nSPS) is 28.8. The SMILES string of the molecule is Cc1nn(C)c(C)c1C(=O)C(=O)OCC(=O)NC(=O)NC12CC3CC(CC(C3)C1)C2. The Bertz CT molecular complexity index is 883. The Labute approximate surface area is 174 Å². The first-order valence-electron chi connectivity index (χ1n) is 10.5. The fourth-order valence-corrected chi connectivity index (χ4v) is 6.10. The van der Waals surface area contributed by atoms with Crippen molar-refractivity contribution in [2.75, 3.05) is 6.61 Å². The molecule has 1 aromatic heterocycles. The highest BCUT2D eigenvalue weighted by Gasteiger charge is 2.51. The zero-order chi connectivity index (χ0) is 21.6. The molecular formula is C21H28N4O5. The fourth-order valence-electron chi connectivity index (χ4n) is 6.10. The van der Waals surface area contributed by atoms with E-state index in [9.17, 15) is 19.2 Å². The number of rotatable bonds is 5. The number of amides is 3. The van der Waals surface area contributed by atoms with E-state index in [-0.39, 0.29) is 11.1 Å². The molecule has 0 spiro atoms. The maximum atomic E-state index is 12.4. The van der Waals surface area contributed by atoms with Gasteiger partial charge in [0.2, 0.25) is 0 Å². The van der Waals surface area contributed by atoms with Gasteiger partial charge >= 0.3 is 12.0 Å². The maximum absolute atomic E-state index is 12.4. The second kappa shape index (κ2) is 7.52. The summed E-state index contributed by atoms with van der Waals surface area (Å²) < 4.78 is 6.31. The molecule has 0 aromatic carbocycles. The molecule has 4 saturated carbocycles. The molecule has 9 heteroatoms. The van der Waals surface area contributed by atoms with Crippen LogP contribution in [0.2, 0.25) is 0 Å². The molecule has 5 rings (SSSR count). The van der Waals surface area contributed by atoms with Crippen LogP contribution in [0.4, 0.5) is 4.79 Å². The minimum absolute atomic E-state index is 0.169. The van der Waals surface area contributed by atoms with Gasteiger partial charge in [-0.15, -0.1) is 0 Å². The van der Waals surface area contributed by atoms with Gasteiger partial charge in [0.1, 0.15) is 0 Å². The van der Waals surface area contributed by atoms with Gasteiger partial charge in [0, 0.05) is 18.3 Å². The standard InChI is InChI=1S/C21H28N4O5/c1-11-17(12(2)25(3)24-11)18(27)19(28)30-10-16(26)22-20(29)23-21-7-13-4-14(8-21)6-15(5-13)9-21/h13-15H,4-10H2,1-3H3,(H2,22,23,26,29). The molecule has 0 radical (unpaired) electrons. The van der Waals surface area contributed by atoms with Crippen LogP contribution < -0.4 is 10.6 Å². The highest BCUT2D eigenvalue weighted by molar-refractivity contribution is 6.41. The molecule has 2 N–H and O–H groups in total. The van der Waals surface area contributed by atoms with Crippen LogP contribution >= 0.6 is 0 Å². The predicted octanol–water partition coefficient (Wildman–Crippen LogP) is 1.56. The third-order valence-electron chi connectivity index (χ3n) is 6.93. The number of carbonyl (C=O) groups is 4. The molecule has 0 saturated heterocycles. The second-order valence-electron chi connectivity index (χ2n) is 9.27. The molecule has 4 fully saturated rings. The van der Waals surface area contributed by atoms with Crippen LogP contribution in [0, 0.1) is 31.6 Å². The maximum Gasteiger partial charge on any atom is 0.380 e. The molecule has 4 aliphatic carbocycles. The summed E-state index contributed by atoms with van der Waals surface area (Å²) in [6, 6.07) is -0.566. The van der Waals surface area contributed by atoms with Crippen molar-refractivity contribution >= 4 is 23.7 Å². The average molecular weight is 416 g/mol. The smallest absolute Gasteiger partial charge is 0.380 e. The number of nitrogens with one attached hydrogen (secondary N) is 2. The van der Waals surface area contributed by atoms with Crippen LogP contribution in [0.1, 0.15) is 60.3 Å². The summed E-state index contributed by atoms with van der Waals surface area (Å²) in [7, 11) is 1.67. The minimum Gasteiger partial charge on any atom is -0.450 e. The molecule has 0 unspecified atom stereocenters. The first kappa shape index (κ1) is 20.6. The summed E-state index contributed by atoms with van der Waals surface area (Å²) >= 11 is 0. The number of hydrogen-bond acceptors (Lipinski definition) is 6. The van der Waals surface area contributed by atoms with Crippen molar-refractivity contribution in [2.24, 2.45) is 24.8 Å². The fraction of sp³-hybridized carbons (Fsp3) is 0.667. The van der Waals surface area contributed by atoms with Gasteiger partial charge in [-0.3, -0.25) is 19.6 Å². The van der Waals surface area contributed by atoms with E-state index in [2.05, 4.69) is 15.7 Å². The number of ether oxygens (including phenoxy) is 1. The van der Waals surface area contributed by atoms with Crippen LogP contribution in [0.5, 0.6) is 0 Å². The van der Waals surface area contributed by atoms with Gasteiger partial charge in [0.05, 0.1) is 11.3 Å². The average Bonchev–Trinajstić information content (AvgIpc) is 2.89. The van der Waals surface area contributed by atoms with Crippen LogP contribution in [0.25, 0.3) is 0 Å². The summed E-state index contributed by atoms with van der Waals surface area (Å²) in [5.41, 5.74) is 0.897. The van der Waals surface area contributed by atoms with Crippen LogP contribution in [0.3, 0.4) is 0 Å². The molecule has 4 bridgehead atoms. The van der Waals surface area contributed by atoms with Crippen molar-refractivity contribution in [2.45, 2.75) is 57.9 Å². The monoisotopic (exact) mass is 416 g/mol. The number of aromatic nitrogens is 2. The van der Waals surface area contributed by atoms with E-state index in [1.165, 1.54) is 23.9 Å². The first-order valence-corrected chi connectivity index (χ1v) is 10.5. The van der Waals surface area contributed by atoms with Crippen LogP contribution in [-0.4, -0.2) is 45.6 Å². The van der Waals surface area contributed by atoms with Gasteiger partial charge in [-0.2, -0.15) is 5.10 Å². The Hall–Kier alpha value is -2.71. The summed E-state index contributed by atoms with van der Waals surface area (Å²) in [5, 5.41) is 9.33. The lowest BCUT2D eigenvalue weighted by atomic mass is 9.53. The zero-order valence-electron chi connectivity index (χ0n) is 17.6. The van der Waals surface area contributed by atoms with Crippen LogP contribution in [-0.2, 0) is 21.4 Å². The highest BCUT2D eigenvalue weighted by Crippen LogP contribution is 2.55. The number of nitrogens with zero attached hydrogens (tertiary/aromatic N) is 2. The van der Waals surface area contributed by atoms with Crippen molar-refractivity contribution in [1.82, 2.24) is 20.4 Å². The predicted molar refractivity (Wildman–Crippen MR) is 106 cm³/mol. The molecule has 162 valence electrons. The number of aryl methyl sites for hydroxylation is 2. The van der Waals surface area contributed by atoms with E-state index < -0.39 is 30.3 Å². The number of carbonyl (C=O) groups excluding carboxylic acids is 4. The Morgan fingerprint density at radius 2 is 1.63 bits per heavy atom. The summed E-state index contributed by atoms with van der Waals surface area (Å²) in [5.74, 6) is -0.774. The lowest BCUT2D eigenvalue weighted by Gasteiger charge is -2.56. The van der Waals surface area contributed by atoms with Crippen molar-refractivity contribution < 1.29 is 23.9 Å². The third kappa shape index (κ3) is 3.85. The number of Topliss-reactive ketones (excluding diaryl/α,β-unsaturated/α-hetero) is 1. The van der Waals surface area contributed by atoms with Crippen molar-refractivity contribution in [3.8, 4) is 0 Å². The highest BCUT2D eigenvalue weighted by atomic mass is 16.5. The summed E-state index contributed by atoms with van der Waals surface area (Å²) in [6.07, 6.45) is 6.65. The molecule has 4 aliphatic rings. The quantitative estimate of drug-likeness (QED) is 0.427. The molecule has 1 aromatic rings. The Kier molecular flexibility index (Phi) is 5.15. The number of urea groups is 1. The Morgan fingerprint density at radius 3 is 2.13 bits per heavy atom. The minimum atomic E-state index is -1.15. The van der Waals surface area contributed by atoms with E-state index in [1.807, 2.05) is 0 Å². The summed E-state index contributed by atoms with van der Waals surface area (Å²) in [4.78, 5) is 48.8. The van der Waals surface area contributed by atoms with Crippen LogP contribution in [0.15, 0.2) is 0 Å². The van der Waals surface area contributed by atoms with E-state index >= 15 is 0 Å². The molecule has 0 atom stereocenters. The van der Waals surface area contributed by atoms with Gasteiger partial charge in [-0.25, -0.2) is 9.59 Å². The van der Waals surface area contributed by atoms with Crippen molar-refractivity contribution in [1.29, 1.82) is 0 Å². The zero-order valence-corrected chi connectivity index (χ0v) is 17.6. The Morgan fingerprint density at radius 1 is 1.07 bits per heavy atom. The van der Waals surface area contributed by atoms with E-state index in [1.54, 1.807) is 20.9 Å². The second-order valence-corrected chi connectivity index (χ2v) is 9.27. The van der Waals surface area contributed by atoms with Crippen molar-refractivity contribution in [3.63, 3.8) is 0 Å². The van der Waals surface area contributed by atoms with Gasteiger partial charge in [-0.05, 0) is 70.1 Å². The third-order valence-corrected chi connectivity index (χ3v) is 6.93. The lowest BCUT2D eigenvalue weighted by Crippen LogP contribution is -2.62. The number of hydrogen-bond donors (Lipinski definition) is 2. The first-order chi connectivity index (χ1) is 14.2. The topological polar surface area (TPSA) is 119 Å².